The van der Waals surface area contributed by atoms with Crippen LogP contribution in [0.4, 0.5) is 0 Å². The molecule has 7 nitrogen and oxygen atoms in total. The molecule has 1 aromatic heterocycles. The summed E-state index contributed by atoms with van der Waals surface area (Å²) in [7, 11) is 0. The second-order valence-electron chi connectivity index (χ2n) is 2.08. The van der Waals surface area contributed by atoms with Crippen LogP contribution in [-0.4, -0.2) is 16.1 Å². The summed E-state index contributed by atoms with van der Waals surface area (Å²) < 4.78 is 4.77. The van der Waals surface area contributed by atoms with Gasteiger partial charge in [-0.05, 0) is 6.92 Å². The Labute approximate surface area is 68.8 Å². The van der Waals surface area contributed by atoms with Crippen LogP contribution in [0.3, 0.4) is 0 Å². The van der Waals surface area contributed by atoms with Crippen LogP contribution in [0.25, 0.3) is 0 Å². The van der Waals surface area contributed by atoms with Crippen LogP contribution in [0.5, 0.6) is 0 Å². The van der Waals surface area contributed by atoms with Gasteiger partial charge in [-0.2, -0.15) is 4.98 Å². The van der Waals surface area contributed by atoms with Crippen molar-refractivity contribution in [3.63, 3.8) is 0 Å². The molecule has 0 amide bonds. The molecule has 0 aliphatic carbocycles. The van der Waals surface area contributed by atoms with Gasteiger partial charge < -0.3 is 10.3 Å². The molecule has 0 unspecified atom stereocenters. The summed E-state index contributed by atoms with van der Waals surface area (Å²) in [5.41, 5.74) is 7.43. The van der Waals surface area contributed by atoms with E-state index >= 15 is 0 Å². The summed E-state index contributed by atoms with van der Waals surface area (Å²) >= 11 is 0. The molecule has 12 heavy (non-hydrogen) atoms. The number of hydrogen-bond donors (Lipinski definition) is 3. The van der Waals surface area contributed by atoms with Crippen LogP contribution >= 0.6 is 0 Å². The molecule has 0 aliphatic heterocycles. The first-order chi connectivity index (χ1) is 5.72. The van der Waals surface area contributed by atoms with E-state index in [9.17, 15) is 0 Å². The Bertz CT molecular complexity index is 279. The van der Waals surface area contributed by atoms with Crippen LogP contribution in [0.15, 0.2) is 9.52 Å². The second kappa shape index (κ2) is 3.67. The molecule has 0 saturated heterocycles. The van der Waals surface area contributed by atoms with E-state index in [0.717, 1.165) is 0 Å². The average molecular weight is 170 g/mol. The summed E-state index contributed by atoms with van der Waals surface area (Å²) in [6, 6.07) is 0. The molecule has 66 valence electrons. The number of hydrogen-bond acceptors (Lipinski definition) is 5. The average Bonchev–Trinajstić information content (AvgIpc) is 2.47. The number of nitrogens with two attached hydrogens (primary N) is 2. The zero-order valence-electron chi connectivity index (χ0n) is 6.61. The maximum absolute atomic E-state index is 5.25. The summed E-state index contributed by atoms with van der Waals surface area (Å²) in [5.74, 6) is 6.08. The highest BCUT2D eigenvalue weighted by Gasteiger charge is 2.00. The van der Waals surface area contributed by atoms with E-state index in [-0.39, 0.29) is 12.5 Å². The molecule has 0 fully saturated rings. The Kier molecular flexibility index (Phi) is 2.59. The van der Waals surface area contributed by atoms with Crippen molar-refractivity contribution in [1.29, 1.82) is 0 Å². The Hall–Kier alpha value is -1.63. The monoisotopic (exact) mass is 170 g/mol. The van der Waals surface area contributed by atoms with Crippen LogP contribution in [0, 0.1) is 6.92 Å². The lowest BCUT2D eigenvalue weighted by Gasteiger charge is -1.94. The van der Waals surface area contributed by atoms with Crippen LogP contribution in [0.2, 0.25) is 0 Å². The molecule has 1 heterocycles. The second-order valence-corrected chi connectivity index (χ2v) is 2.08. The Balaban J connectivity index is 2.53. The van der Waals surface area contributed by atoms with Gasteiger partial charge in [0.15, 0.2) is 5.82 Å². The molecule has 0 saturated carbocycles. The fourth-order valence-corrected chi connectivity index (χ4v) is 0.603. The lowest BCUT2D eigenvalue weighted by Crippen LogP contribution is -2.37. The van der Waals surface area contributed by atoms with Crippen molar-refractivity contribution in [1.82, 2.24) is 15.6 Å². The van der Waals surface area contributed by atoms with Crippen LogP contribution in [0.1, 0.15) is 11.7 Å². The standard InChI is InChI=1S/C5H10N6O/c1-3-9-4(12-11-3)2-8-5(6)10-7/h2,7H2,1H3,(H3,6,8,10). The Morgan fingerprint density at radius 3 is 3.00 bits per heavy atom. The van der Waals surface area contributed by atoms with Crippen molar-refractivity contribution >= 4 is 5.96 Å². The molecule has 1 rings (SSSR count). The van der Waals surface area contributed by atoms with Crippen molar-refractivity contribution < 1.29 is 4.52 Å². The minimum Gasteiger partial charge on any atom is -0.369 e. The van der Waals surface area contributed by atoms with Gasteiger partial charge >= 0.3 is 0 Å². The zero-order chi connectivity index (χ0) is 8.97. The number of hydrazine groups is 1. The van der Waals surface area contributed by atoms with Crippen LogP contribution in [-0.2, 0) is 6.54 Å². The Morgan fingerprint density at radius 2 is 2.50 bits per heavy atom. The predicted octanol–water partition coefficient (Wildman–Crippen LogP) is -1.34. The normalized spacial score (nSPS) is 11.7. The number of aryl methyl sites for hydroxylation is 1. The molecule has 0 atom stereocenters. The maximum atomic E-state index is 5.25. The molecule has 1 aromatic rings. The number of aromatic nitrogens is 2. The lowest BCUT2D eigenvalue weighted by molar-refractivity contribution is 0.376. The van der Waals surface area contributed by atoms with E-state index < -0.39 is 0 Å². The molecular weight excluding hydrogens is 160 g/mol. The molecular formula is C5H10N6O. The summed E-state index contributed by atoms with van der Waals surface area (Å²) in [6.07, 6.45) is 0. The summed E-state index contributed by atoms with van der Waals surface area (Å²) in [5, 5.41) is 3.57. The van der Waals surface area contributed by atoms with E-state index in [1.165, 1.54) is 0 Å². The van der Waals surface area contributed by atoms with Crippen molar-refractivity contribution in [3.8, 4) is 0 Å². The SMILES string of the molecule is Cc1noc(CN=C(N)NN)n1. The quantitative estimate of drug-likeness (QED) is 0.219. The molecule has 5 N–H and O–H groups in total. The third-order valence-electron chi connectivity index (χ3n) is 1.10. The van der Waals surface area contributed by atoms with Gasteiger partial charge in [-0.15, -0.1) is 0 Å². The number of rotatable bonds is 2. The first kappa shape index (κ1) is 8.47. The third-order valence-corrected chi connectivity index (χ3v) is 1.10. The molecule has 0 spiro atoms. The first-order valence-corrected chi connectivity index (χ1v) is 3.28. The number of aliphatic imine (C=N–C) groups is 1. The highest BCUT2D eigenvalue weighted by atomic mass is 16.5. The fraction of sp³-hybridized carbons (Fsp3) is 0.400. The first-order valence-electron chi connectivity index (χ1n) is 3.28. The van der Waals surface area contributed by atoms with Gasteiger partial charge in [0, 0.05) is 0 Å². The van der Waals surface area contributed by atoms with Crippen molar-refractivity contribution in [2.45, 2.75) is 13.5 Å². The van der Waals surface area contributed by atoms with Gasteiger partial charge in [0.1, 0.15) is 6.54 Å². The van der Waals surface area contributed by atoms with E-state index in [2.05, 4.69) is 20.6 Å². The zero-order valence-corrected chi connectivity index (χ0v) is 6.61. The number of nitrogens with one attached hydrogen (secondary N) is 1. The van der Waals surface area contributed by atoms with E-state index in [1.54, 1.807) is 6.92 Å². The lowest BCUT2D eigenvalue weighted by atomic mass is 10.6. The van der Waals surface area contributed by atoms with Gasteiger partial charge in [-0.3, -0.25) is 5.43 Å². The number of guanidine groups is 1. The summed E-state index contributed by atoms with van der Waals surface area (Å²) in [6.45, 7) is 1.96. The molecule has 0 aromatic carbocycles. The van der Waals surface area contributed by atoms with Gasteiger partial charge in [0.2, 0.25) is 11.9 Å². The van der Waals surface area contributed by atoms with Crippen molar-refractivity contribution in [2.24, 2.45) is 16.6 Å². The van der Waals surface area contributed by atoms with E-state index in [4.69, 9.17) is 16.1 Å². The van der Waals surface area contributed by atoms with Gasteiger partial charge in [-0.25, -0.2) is 10.8 Å². The maximum Gasteiger partial charge on any atom is 0.248 e. The predicted molar refractivity (Wildman–Crippen MR) is 41.7 cm³/mol. The molecule has 0 aliphatic rings. The van der Waals surface area contributed by atoms with Crippen LogP contribution < -0.4 is 17.0 Å². The topological polar surface area (TPSA) is 115 Å². The van der Waals surface area contributed by atoms with E-state index in [1.807, 2.05) is 0 Å². The van der Waals surface area contributed by atoms with Gasteiger partial charge in [0.25, 0.3) is 0 Å². The highest BCUT2D eigenvalue weighted by molar-refractivity contribution is 5.76. The van der Waals surface area contributed by atoms with Gasteiger partial charge in [0.05, 0.1) is 0 Å². The van der Waals surface area contributed by atoms with Crippen molar-refractivity contribution in [3.05, 3.63) is 11.7 Å². The number of nitrogens with zero attached hydrogens (tertiary/aromatic N) is 3. The molecule has 0 radical (unpaired) electrons. The third kappa shape index (κ3) is 2.20. The minimum absolute atomic E-state index is 0.130. The van der Waals surface area contributed by atoms with Gasteiger partial charge in [-0.1, -0.05) is 5.16 Å². The largest absolute Gasteiger partial charge is 0.369 e. The highest BCUT2D eigenvalue weighted by Crippen LogP contribution is 1.96. The minimum atomic E-state index is 0.130. The smallest absolute Gasteiger partial charge is 0.248 e. The van der Waals surface area contributed by atoms with E-state index in [0.29, 0.717) is 11.7 Å². The summed E-state index contributed by atoms with van der Waals surface area (Å²) in [4.78, 5) is 7.70. The fourth-order valence-electron chi connectivity index (χ4n) is 0.603. The molecule has 7 heteroatoms. The molecule has 0 bridgehead atoms. The van der Waals surface area contributed by atoms with Crippen molar-refractivity contribution in [2.75, 3.05) is 0 Å². The Morgan fingerprint density at radius 1 is 1.75 bits per heavy atom.